The van der Waals surface area contributed by atoms with E-state index in [-0.39, 0.29) is 17.4 Å². The van der Waals surface area contributed by atoms with Crippen LogP contribution in [0.2, 0.25) is 0 Å². The van der Waals surface area contributed by atoms with Gasteiger partial charge in [0.2, 0.25) is 5.91 Å². The summed E-state index contributed by atoms with van der Waals surface area (Å²) in [6.07, 6.45) is 0.593. The zero-order valence-corrected chi connectivity index (χ0v) is 10.8. The van der Waals surface area contributed by atoms with Crippen LogP contribution in [-0.2, 0) is 4.79 Å². The van der Waals surface area contributed by atoms with Crippen LogP contribution < -0.4 is 5.73 Å². The number of carbonyl (C=O) groups excluding carboxylic acids is 1. The molecule has 0 aromatic carbocycles. The smallest absolute Gasteiger partial charge is 0.226 e. The maximum Gasteiger partial charge on any atom is 0.226 e. The number of hydrogen-bond donors (Lipinski definition) is 2. The molecule has 3 heteroatoms. The van der Waals surface area contributed by atoms with E-state index in [9.17, 15) is 9.90 Å². The second-order valence-corrected chi connectivity index (χ2v) is 6.59. The van der Waals surface area contributed by atoms with Crippen molar-refractivity contribution in [2.24, 2.45) is 22.0 Å². The summed E-state index contributed by atoms with van der Waals surface area (Å²) >= 11 is 0. The van der Waals surface area contributed by atoms with Gasteiger partial charge in [0.15, 0.2) is 0 Å². The van der Waals surface area contributed by atoms with E-state index in [1.165, 1.54) is 0 Å². The van der Waals surface area contributed by atoms with Gasteiger partial charge < -0.3 is 10.8 Å². The molecule has 3 N–H and O–H groups in total. The molecular formula is C12H25NO2. The summed E-state index contributed by atoms with van der Waals surface area (Å²) in [5.41, 5.74) is 4.27. The second kappa shape index (κ2) is 4.12. The van der Waals surface area contributed by atoms with Crippen molar-refractivity contribution in [3.05, 3.63) is 0 Å². The van der Waals surface area contributed by atoms with Gasteiger partial charge in [0.05, 0.1) is 12.0 Å². The Morgan fingerprint density at radius 3 is 1.60 bits per heavy atom. The zero-order valence-electron chi connectivity index (χ0n) is 10.8. The van der Waals surface area contributed by atoms with Gasteiger partial charge in [-0.3, -0.25) is 4.79 Å². The lowest BCUT2D eigenvalue weighted by Gasteiger charge is -2.44. The van der Waals surface area contributed by atoms with Crippen LogP contribution in [-0.4, -0.2) is 17.6 Å². The van der Waals surface area contributed by atoms with E-state index >= 15 is 0 Å². The number of rotatable bonds is 3. The minimum absolute atomic E-state index is 0.0367. The lowest BCUT2D eigenvalue weighted by molar-refractivity contribution is -0.141. The topological polar surface area (TPSA) is 63.3 Å². The molecule has 0 radical (unpaired) electrons. The van der Waals surface area contributed by atoms with Crippen LogP contribution in [0, 0.1) is 16.2 Å². The Balaban J connectivity index is 5.29. The third-order valence-electron chi connectivity index (χ3n) is 3.01. The summed E-state index contributed by atoms with van der Waals surface area (Å²) in [6, 6.07) is 0. The van der Waals surface area contributed by atoms with Gasteiger partial charge in [0, 0.05) is 0 Å². The molecule has 0 saturated carbocycles. The fraction of sp³-hybridized carbons (Fsp3) is 0.917. The summed E-state index contributed by atoms with van der Waals surface area (Å²) in [5.74, 6) is -0.410. The fourth-order valence-electron chi connectivity index (χ4n) is 2.00. The average molecular weight is 215 g/mol. The molecule has 0 fully saturated rings. The number of aliphatic hydroxyl groups excluding tert-OH is 1. The predicted octanol–water partition coefficient (Wildman–Crippen LogP) is 1.93. The highest BCUT2D eigenvalue weighted by Crippen LogP contribution is 2.46. The Kier molecular flexibility index (Phi) is 3.97. The molecule has 3 nitrogen and oxygen atoms in total. The number of amides is 1. The van der Waals surface area contributed by atoms with Crippen molar-refractivity contribution in [1.82, 2.24) is 0 Å². The van der Waals surface area contributed by atoms with Crippen LogP contribution in [0.15, 0.2) is 0 Å². The molecule has 1 atom stereocenters. The van der Waals surface area contributed by atoms with E-state index in [4.69, 9.17) is 5.73 Å². The molecule has 1 amide bonds. The highest BCUT2D eigenvalue weighted by Gasteiger charge is 2.48. The molecular weight excluding hydrogens is 190 g/mol. The number of primary amides is 1. The molecule has 0 aliphatic heterocycles. The summed E-state index contributed by atoms with van der Waals surface area (Å²) in [7, 11) is 0. The molecule has 0 saturated heterocycles. The summed E-state index contributed by atoms with van der Waals surface area (Å²) < 4.78 is 0. The van der Waals surface area contributed by atoms with E-state index in [0.29, 0.717) is 6.42 Å². The average Bonchev–Trinajstić information content (AvgIpc) is 1.95. The Morgan fingerprint density at radius 2 is 1.53 bits per heavy atom. The molecule has 0 aromatic rings. The van der Waals surface area contributed by atoms with Gasteiger partial charge >= 0.3 is 0 Å². The Labute approximate surface area is 93.0 Å². The number of hydrogen-bond acceptors (Lipinski definition) is 2. The first-order valence-corrected chi connectivity index (χ1v) is 5.37. The lowest BCUT2D eigenvalue weighted by Crippen LogP contribution is -2.51. The molecule has 0 aliphatic carbocycles. The first-order valence-electron chi connectivity index (χ1n) is 5.37. The Morgan fingerprint density at radius 1 is 1.13 bits per heavy atom. The van der Waals surface area contributed by atoms with Gasteiger partial charge in [-0.1, -0.05) is 41.5 Å². The van der Waals surface area contributed by atoms with Crippen LogP contribution in [0.1, 0.15) is 48.0 Å². The van der Waals surface area contributed by atoms with Crippen LogP contribution >= 0.6 is 0 Å². The third-order valence-corrected chi connectivity index (χ3v) is 3.01. The molecule has 15 heavy (non-hydrogen) atoms. The van der Waals surface area contributed by atoms with E-state index < -0.39 is 11.3 Å². The Hall–Kier alpha value is -0.570. The summed E-state index contributed by atoms with van der Waals surface area (Å²) in [5, 5.41) is 9.55. The maximum atomic E-state index is 11.6. The van der Waals surface area contributed by atoms with Crippen LogP contribution in [0.5, 0.6) is 0 Å². The largest absolute Gasteiger partial charge is 0.395 e. The highest BCUT2D eigenvalue weighted by molar-refractivity contribution is 5.82. The highest BCUT2D eigenvalue weighted by atomic mass is 16.3. The third kappa shape index (κ3) is 3.20. The predicted molar refractivity (Wildman–Crippen MR) is 62.2 cm³/mol. The number of carbonyl (C=O) groups is 1. The molecule has 0 spiro atoms. The monoisotopic (exact) mass is 215 g/mol. The van der Waals surface area contributed by atoms with E-state index in [0.717, 1.165) is 0 Å². The fourth-order valence-corrected chi connectivity index (χ4v) is 2.00. The zero-order chi connectivity index (χ0) is 12.5. The first kappa shape index (κ1) is 14.4. The summed E-state index contributed by atoms with van der Waals surface area (Å²) in [6.45, 7) is 11.8. The molecule has 0 aromatic heterocycles. The lowest BCUT2D eigenvalue weighted by atomic mass is 9.60. The first-order chi connectivity index (χ1) is 6.46. The normalized spacial score (nSPS) is 17.3. The van der Waals surface area contributed by atoms with Gasteiger partial charge in [0.1, 0.15) is 0 Å². The van der Waals surface area contributed by atoms with Gasteiger partial charge in [-0.25, -0.2) is 0 Å². The standard InChI is InChI=1S/C12H25NO2/c1-10(2,3)7-12(8-14,9(13)15)11(4,5)6/h14H,7-8H2,1-6H3,(H2,13,15). The van der Waals surface area contributed by atoms with Gasteiger partial charge in [0.25, 0.3) is 0 Å². The molecule has 0 heterocycles. The van der Waals surface area contributed by atoms with Crippen LogP contribution in [0.3, 0.4) is 0 Å². The molecule has 0 bridgehead atoms. The molecule has 0 aliphatic rings. The maximum absolute atomic E-state index is 11.6. The number of nitrogens with two attached hydrogens (primary N) is 1. The van der Waals surface area contributed by atoms with Crippen molar-refractivity contribution in [2.45, 2.75) is 48.0 Å². The van der Waals surface area contributed by atoms with E-state index in [1.807, 2.05) is 41.5 Å². The Bertz CT molecular complexity index is 235. The van der Waals surface area contributed by atoms with E-state index in [1.54, 1.807) is 0 Å². The van der Waals surface area contributed by atoms with Gasteiger partial charge in [-0.15, -0.1) is 0 Å². The van der Waals surface area contributed by atoms with Crippen molar-refractivity contribution < 1.29 is 9.90 Å². The van der Waals surface area contributed by atoms with Gasteiger partial charge in [-0.05, 0) is 17.3 Å². The second-order valence-electron chi connectivity index (χ2n) is 6.59. The summed E-state index contributed by atoms with van der Waals surface area (Å²) in [4.78, 5) is 11.6. The van der Waals surface area contributed by atoms with E-state index in [2.05, 4.69) is 0 Å². The number of aliphatic hydroxyl groups is 1. The molecule has 0 rings (SSSR count). The van der Waals surface area contributed by atoms with Crippen molar-refractivity contribution >= 4 is 5.91 Å². The van der Waals surface area contributed by atoms with Crippen LogP contribution in [0.25, 0.3) is 0 Å². The minimum Gasteiger partial charge on any atom is -0.395 e. The SMILES string of the molecule is CC(C)(C)CC(CO)(C(N)=O)C(C)(C)C. The quantitative estimate of drug-likeness (QED) is 0.755. The van der Waals surface area contributed by atoms with Crippen molar-refractivity contribution in [1.29, 1.82) is 0 Å². The van der Waals surface area contributed by atoms with Crippen molar-refractivity contribution in [3.63, 3.8) is 0 Å². The van der Waals surface area contributed by atoms with Gasteiger partial charge in [-0.2, -0.15) is 0 Å². The van der Waals surface area contributed by atoms with Crippen molar-refractivity contribution in [3.8, 4) is 0 Å². The molecule has 90 valence electrons. The van der Waals surface area contributed by atoms with Crippen molar-refractivity contribution in [2.75, 3.05) is 6.61 Å². The van der Waals surface area contributed by atoms with Crippen LogP contribution in [0.4, 0.5) is 0 Å². The molecule has 1 unspecified atom stereocenters. The minimum atomic E-state index is -0.842.